The summed E-state index contributed by atoms with van der Waals surface area (Å²) in [7, 11) is 0. The Morgan fingerprint density at radius 1 is 1.07 bits per heavy atom. The monoisotopic (exact) mass is 401 g/mol. The fourth-order valence-corrected chi connectivity index (χ4v) is 3.20. The molecule has 3 rings (SSSR count). The highest BCUT2D eigenvalue weighted by Gasteiger charge is 2.16. The Balaban J connectivity index is 2.30. The molecule has 0 bridgehead atoms. The Hall–Kier alpha value is -2.45. The lowest BCUT2D eigenvalue weighted by Gasteiger charge is -2.16. The normalized spacial score (nSPS) is 12.2. The van der Waals surface area contributed by atoms with Crippen molar-refractivity contribution in [2.75, 3.05) is 5.75 Å². The van der Waals surface area contributed by atoms with E-state index in [1.165, 1.54) is 27.3 Å². The number of amides is 1. The van der Waals surface area contributed by atoms with Crippen LogP contribution in [0.4, 0.5) is 0 Å². The van der Waals surface area contributed by atoms with Crippen molar-refractivity contribution in [2.45, 2.75) is 18.3 Å². The van der Waals surface area contributed by atoms with E-state index in [4.69, 9.17) is 5.73 Å². The fourth-order valence-electron chi connectivity index (χ4n) is 2.92. The zero-order valence-corrected chi connectivity index (χ0v) is 16.2. The molecule has 0 fully saturated rings. The van der Waals surface area contributed by atoms with Crippen molar-refractivity contribution in [3.05, 3.63) is 80.5 Å². The number of benzene rings is 2. The van der Waals surface area contributed by atoms with Gasteiger partial charge in [-0.3, -0.25) is 18.7 Å². The summed E-state index contributed by atoms with van der Waals surface area (Å²) in [5.74, 6) is -0.197. The minimum atomic E-state index is -0.620. The van der Waals surface area contributed by atoms with Gasteiger partial charge < -0.3 is 5.73 Å². The van der Waals surface area contributed by atoms with Crippen LogP contribution in [-0.2, 0) is 13.1 Å². The van der Waals surface area contributed by atoms with Gasteiger partial charge in [0.2, 0.25) is 5.91 Å². The standard InChI is InChI=1S/C19H19N3O3S2/c20-17(23)13-6-7-15-16(8-13)21(9-12-4-2-1-3-5-12)19(25)22(18(15)24)10-14(27)11-26/h1-8,14,26-27H,9-11H2,(H2,20,23). The molecule has 1 heterocycles. The van der Waals surface area contributed by atoms with Crippen molar-refractivity contribution >= 4 is 42.1 Å². The summed E-state index contributed by atoms with van der Waals surface area (Å²) in [6.07, 6.45) is 0. The summed E-state index contributed by atoms with van der Waals surface area (Å²) in [6, 6.07) is 13.9. The van der Waals surface area contributed by atoms with Crippen molar-refractivity contribution in [2.24, 2.45) is 5.73 Å². The minimum absolute atomic E-state index is 0.145. The largest absolute Gasteiger partial charge is 0.366 e. The molecule has 0 aliphatic carbocycles. The van der Waals surface area contributed by atoms with E-state index in [9.17, 15) is 14.4 Å². The number of nitrogens with two attached hydrogens (primary N) is 1. The molecule has 140 valence electrons. The molecule has 0 saturated heterocycles. The quantitative estimate of drug-likeness (QED) is 0.548. The van der Waals surface area contributed by atoms with E-state index in [1.54, 1.807) is 0 Å². The van der Waals surface area contributed by atoms with E-state index in [0.717, 1.165) is 5.56 Å². The maximum absolute atomic E-state index is 13.1. The van der Waals surface area contributed by atoms with Gasteiger partial charge in [0.25, 0.3) is 5.56 Å². The van der Waals surface area contributed by atoms with Crippen LogP contribution in [0.15, 0.2) is 58.1 Å². The molecule has 8 heteroatoms. The lowest BCUT2D eigenvalue weighted by molar-refractivity contribution is 0.100. The number of carbonyl (C=O) groups excluding carboxylic acids is 1. The van der Waals surface area contributed by atoms with Gasteiger partial charge in [-0.15, -0.1) is 0 Å². The number of aromatic nitrogens is 2. The number of primary amides is 1. The van der Waals surface area contributed by atoms with Crippen LogP contribution in [0.5, 0.6) is 0 Å². The number of carbonyl (C=O) groups is 1. The second-order valence-corrected chi connectivity index (χ2v) is 7.30. The van der Waals surface area contributed by atoms with Gasteiger partial charge >= 0.3 is 5.69 Å². The number of hydrogen-bond acceptors (Lipinski definition) is 5. The Kier molecular flexibility index (Phi) is 5.76. The molecule has 0 radical (unpaired) electrons. The van der Waals surface area contributed by atoms with Crippen LogP contribution in [0.2, 0.25) is 0 Å². The third kappa shape index (κ3) is 3.96. The van der Waals surface area contributed by atoms with Crippen molar-refractivity contribution in [3.8, 4) is 0 Å². The van der Waals surface area contributed by atoms with Crippen LogP contribution in [0, 0.1) is 0 Å². The summed E-state index contributed by atoms with van der Waals surface area (Å²) in [5.41, 5.74) is 6.00. The number of hydrogen-bond donors (Lipinski definition) is 3. The smallest absolute Gasteiger partial charge is 0.331 e. The highest BCUT2D eigenvalue weighted by Crippen LogP contribution is 2.14. The molecule has 0 saturated carbocycles. The highest BCUT2D eigenvalue weighted by molar-refractivity contribution is 7.84. The predicted molar refractivity (Wildman–Crippen MR) is 113 cm³/mol. The minimum Gasteiger partial charge on any atom is -0.366 e. The SMILES string of the molecule is NC(=O)c1ccc2c(=O)n(CC(S)CS)c(=O)n(Cc3ccccc3)c2c1. The van der Waals surface area contributed by atoms with Gasteiger partial charge in [0.1, 0.15) is 0 Å². The van der Waals surface area contributed by atoms with Crippen molar-refractivity contribution in [1.82, 2.24) is 9.13 Å². The lowest BCUT2D eigenvalue weighted by Crippen LogP contribution is -2.42. The number of rotatable bonds is 6. The Bertz CT molecular complexity index is 1110. The van der Waals surface area contributed by atoms with Gasteiger partial charge in [-0.25, -0.2) is 4.79 Å². The number of nitrogens with zero attached hydrogens (tertiary/aromatic N) is 2. The summed E-state index contributed by atoms with van der Waals surface area (Å²) in [6.45, 7) is 0.406. The number of thiol groups is 2. The molecule has 6 nitrogen and oxygen atoms in total. The summed E-state index contributed by atoms with van der Waals surface area (Å²) < 4.78 is 2.65. The molecule has 1 amide bonds. The fraction of sp³-hybridized carbons (Fsp3) is 0.211. The van der Waals surface area contributed by atoms with Crippen molar-refractivity contribution < 1.29 is 4.79 Å². The van der Waals surface area contributed by atoms with Crippen molar-refractivity contribution in [1.29, 1.82) is 0 Å². The summed E-state index contributed by atoms with van der Waals surface area (Å²) >= 11 is 8.54. The molecule has 1 atom stereocenters. The lowest BCUT2D eigenvalue weighted by atomic mass is 10.1. The topological polar surface area (TPSA) is 87.1 Å². The van der Waals surface area contributed by atoms with Gasteiger partial charge in [0, 0.05) is 23.1 Å². The Labute approximate surface area is 166 Å². The first-order valence-electron chi connectivity index (χ1n) is 8.32. The maximum atomic E-state index is 13.1. The average molecular weight is 402 g/mol. The van der Waals surface area contributed by atoms with E-state index >= 15 is 0 Å². The van der Waals surface area contributed by atoms with Crippen LogP contribution in [-0.4, -0.2) is 26.0 Å². The van der Waals surface area contributed by atoms with E-state index in [1.807, 2.05) is 30.3 Å². The van der Waals surface area contributed by atoms with Gasteiger partial charge in [-0.05, 0) is 23.8 Å². The van der Waals surface area contributed by atoms with E-state index in [0.29, 0.717) is 16.7 Å². The average Bonchev–Trinajstić information content (AvgIpc) is 2.68. The first kappa shape index (κ1) is 19.3. The van der Waals surface area contributed by atoms with Crippen LogP contribution in [0.3, 0.4) is 0 Å². The van der Waals surface area contributed by atoms with Gasteiger partial charge in [-0.1, -0.05) is 30.3 Å². The van der Waals surface area contributed by atoms with Gasteiger partial charge in [-0.2, -0.15) is 25.3 Å². The maximum Gasteiger partial charge on any atom is 0.331 e. The molecule has 0 aliphatic heterocycles. The molecule has 1 aromatic heterocycles. The molecule has 2 aromatic carbocycles. The molecule has 1 unspecified atom stereocenters. The zero-order valence-electron chi connectivity index (χ0n) is 14.4. The molecular formula is C19H19N3O3S2. The third-order valence-corrected chi connectivity index (χ3v) is 5.37. The Morgan fingerprint density at radius 3 is 2.41 bits per heavy atom. The highest BCUT2D eigenvalue weighted by atomic mass is 32.1. The van der Waals surface area contributed by atoms with Crippen LogP contribution in [0.1, 0.15) is 15.9 Å². The van der Waals surface area contributed by atoms with Crippen LogP contribution >= 0.6 is 25.3 Å². The first-order chi connectivity index (χ1) is 12.9. The second-order valence-electron chi connectivity index (χ2n) is 6.20. The van der Waals surface area contributed by atoms with Gasteiger partial charge in [0.15, 0.2) is 0 Å². The second kappa shape index (κ2) is 8.06. The first-order valence-corrected chi connectivity index (χ1v) is 9.47. The van der Waals surface area contributed by atoms with E-state index < -0.39 is 17.2 Å². The molecule has 27 heavy (non-hydrogen) atoms. The van der Waals surface area contributed by atoms with Gasteiger partial charge in [0.05, 0.1) is 17.4 Å². The van der Waals surface area contributed by atoms with E-state index in [2.05, 4.69) is 25.3 Å². The summed E-state index contributed by atoms with van der Waals surface area (Å²) in [4.78, 5) is 37.5. The predicted octanol–water partition coefficient (Wildman–Crippen LogP) is 1.54. The Morgan fingerprint density at radius 2 is 1.78 bits per heavy atom. The molecule has 0 aliphatic rings. The van der Waals surface area contributed by atoms with Crippen LogP contribution < -0.4 is 17.0 Å². The third-order valence-electron chi connectivity index (χ3n) is 4.30. The number of fused-ring (bicyclic) bond motifs is 1. The molecule has 0 spiro atoms. The van der Waals surface area contributed by atoms with Crippen molar-refractivity contribution in [3.63, 3.8) is 0 Å². The molecule has 3 aromatic rings. The van der Waals surface area contributed by atoms with E-state index in [-0.39, 0.29) is 23.9 Å². The zero-order chi connectivity index (χ0) is 19.6. The molecular weight excluding hydrogens is 382 g/mol. The molecule has 2 N–H and O–H groups in total. The summed E-state index contributed by atoms with van der Waals surface area (Å²) in [5, 5.41) is 0.0986. The van der Waals surface area contributed by atoms with Crippen LogP contribution in [0.25, 0.3) is 10.9 Å².